The van der Waals surface area contributed by atoms with Crippen LogP contribution in [0, 0.1) is 0 Å². The van der Waals surface area contributed by atoms with Crippen molar-refractivity contribution in [1.29, 1.82) is 0 Å². The summed E-state index contributed by atoms with van der Waals surface area (Å²) in [4.78, 5) is 23.4. The first-order valence-electron chi connectivity index (χ1n) is 6.99. The van der Waals surface area contributed by atoms with Crippen LogP contribution < -0.4 is 5.63 Å². The Morgan fingerprint density at radius 2 is 1.64 bits per heavy atom. The van der Waals surface area contributed by atoms with Crippen LogP contribution in [0.4, 0.5) is 0 Å². The highest BCUT2D eigenvalue weighted by molar-refractivity contribution is 5.95. The fourth-order valence-electron chi connectivity index (χ4n) is 2.60. The summed E-state index contributed by atoms with van der Waals surface area (Å²) in [5.74, 6) is -1.25. The maximum absolute atomic E-state index is 12.0. The van der Waals surface area contributed by atoms with Crippen molar-refractivity contribution in [2.45, 2.75) is 12.8 Å². The Kier molecular flexibility index (Phi) is 3.74. The van der Waals surface area contributed by atoms with E-state index in [2.05, 4.69) is 0 Å². The molecule has 110 valence electrons. The molecule has 0 amide bonds. The van der Waals surface area contributed by atoms with Crippen molar-refractivity contribution in [2.24, 2.45) is 0 Å². The molecule has 1 heterocycles. The number of carboxylic acid groups (broad SMARTS) is 1. The molecule has 1 aromatic heterocycles. The molecule has 0 bridgehead atoms. The Labute approximate surface area is 126 Å². The molecule has 0 saturated heterocycles. The first-order chi connectivity index (χ1) is 10.7. The third-order valence-corrected chi connectivity index (χ3v) is 3.64. The second-order valence-electron chi connectivity index (χ2n) is 5.03. The van der Waals surface area contributed by atoms with Crippen LogP contribution in [0.5, 0.6) is 0 Å². The van der Waals surface area contributed by atoms with Gasteiger partial charge < -0.3 is 9.52 Å². The topological polar surface area (TPSA) is 67.5 Å². The van der Waals surface area contributed by atoms with Crippen molar-refractivity contribution in [3.05, 3.63) is 81.7 Å². The van der Waals surface area contributed by atoms with Gasteiger partial charge in [0.15, 0.2) is 0 Å². The number of carboxylic acids is 1. The lowest BCUT2D eigenvalue weighted by molar-refractivity contribution is 0.0691. The van der Waals surface area contributed by atoms with Gasteiger partial charge in [0.05, 0.1) is 0 Å². The Balaban J connectivity index is 2.11. The fourth-order valence-corrected chi connectivity index (χ4v) is 2.60. The molecule has 0 radical (unpaired) electrons. The first kappa shape index (κ1) is 14.1. The summed E-state index contributed by atoms with van der Waals surface area (Å²) in [6, 6.07) is 16.8. The number of hydrogen-bond donors (Lipinski definition) is 1. The summed E-state index contributed by atoms with van der Waals surface area (Å²) in [6.45, 7) is 0. The van der Waals surface area contributed by atoms with E-state index in [0.29, 0.717) is 29.4 Å². The van der Waals surface area contributed by atoms with Crippen LogP contribution in [-0.4, -0.2) is 11.1 Å². The van der Waals surface area contributed by atoms with Crippen LogP contribution in [0.3, 0.4) is 0 Å². The van der Waals surface area contributed by atoms with Gasteiger partial charge in [0.1, 0.15) is 11.1 Å². The average molecular weight is 294 g/mol. The van der Waals surface area contributed by atoms with Gasteiger partial charge in [-0.2, -0.15) is 0 Å². The number of rotatable bonds is 4. The second-order valence-corrected chi connectivity index (χ2v) is 5.03. The molecule has 0 unspecified atom stereocenters. The minimum absolute atomic E-state index is 0.269. The minimum Gasteiger partial charge on any atom is -0.477 e. The van der Waals surface area contributed by atoms with Crippen LogP contribution in [0.15, 0.2) is 63.8 Å². The highest BCUT2D eigenvalue weighted by Gasteiger charge is 2.19. The first-order valence-corrected chi connectivity index (χ1v) is 6.99. The van der Waals surface area contributed by atoms with E-state index in [9.17, 15) is 14.7 Å². The molecule has 1 N–H and O–H groups in total. The SMILES string of the molecule is O=C(O)c1c(CCc2ccccc2)c2ccccc2oc1=O. The molecule has 3 aromatic rings. The minimum atomic E-state index is -1.25. The van der Waals surface area contributed by atoms with Crippen LogP contribution in [0.25, 0.3) is 11.0 Å². The Morgan fingerprint density at radius 3 is 2.36 bits per heavy atom. The van der Waals surface area contributed by atoms with Gasteiger partial charge in [0.25, 0.3) is 0 Å². The molecule has 0 aliphatic heterocycles. The number of benzene rings is 2. The number of carbonyl (C=O) groups is 1. The van der Waals surface area contributed by atoms with Crippen molar-refractivity contribution in [1.82, 2.24) is 0 Å². The Hall–Kier alpha value is -2.88. The summed E-state index contributed by atoms with van der Waals surface area (Å²) >= 11 is 0. The van der Waals surface area contributed by atoms with Crippen molar-refractivity contribution >= 4 is 16.9 Å². The third-order valence-electron chi connectivity index (χ3n) is 3.64. The van der Waals surface area contributed by atoms with Gasteiger partial charge in [-0.3, -0.25) is 0 Å². The fraction of sp³-hybridized carbons (Fsp3) is 0.111. The summed E-state index contributed by atoms with van der Waals surface area (Å²) in [7, 11) is 0. The molecule has 0 aliphatic rings. The Bertz CT molecular complexity index is 878. The van der Waals surface area contributed by atoms with E-state index in [-0.39, 0.29) is 5.56 Å². The molecule has 2 aromatic carbocycles. The normalized spacial score (nSPS) is 10.7. The van der Waals surface area contributed by atoms with Crippen molar-refractivity contribution < 1.29 is 14.3 Å². The zero-order chi connectivity index (χ0) is 15.5. The molecular weight excluding hydrogens is 280 g/mol. The smallest absolute Gasteiger partial charge is 0.351 e. The van der Waals surface area contributed by atoms with E-state index < -0.39 is 11.6 Å². The summed E-state index contributed by atoms with van der Waals surface area (Å²) in [5, 5.41) is 10.0. The molecule has 0 atom stereocenters. The zero-order valence-electron chi connectivity index (χ0n) is 11.8. The Morgan fingerprint density at radius 1 is 0.955 bits per heavy atom. The summed E-state index contributed by atoms with van der Waals surface area (Å²) < 4.78 is 5.11. The number of aromatic carboxylic acids is 1. The highest BCUT2D eigenvalue weighted by Crippen LogP contribution is 2.22. The molecule has 0 fully saturated rings. The molecule has 0 spiro atoms. The van der Waals surface area contributed by atoms with Crippen LogP contribution >= 0.6 is 0 Å². The number of para-hydroxylation sites is 1. The predicted molar refractivity (Wildman–Crippen MR) is 83.3 cm³/mol. The van der Waals surface area contributed by atoms with Gasteiger partial charge in [0, 0.05) is 5.39 Å². The maximum atomic E-state index is 12.0. The van der Waals surface area contributed by atoms with E-state index in [4.69, 9.17) is 4.42 Å². The van der Waals surface area contributed by atoms with Crippen molar-refractivity contribution in [3.8, 4) is 0 Å². The number of fused-ring (bicyclic) bond motifs is 1. The molecule has 4 heteroatoms. The average Bonchev–Trinajstić information content (AvgIpc) is 2.52. The summed E-state index contributed by atoms with van der Waals surface area (Å²) in [6.07, 6.45) is 1.13. The number of hydrogen-bond acceptors (Lipinski definition) is 3. The van der Waals surface area contributed by atoms with E-state index in [1.165, 1.54) is 0 Å². The molecule has 0 aliphatic carbocycles. The number of aryl methyl sites for hydroxylation is 2. The van der Waals surface area contributed by atoms with Gasteiger partial charge >= 0.3 is 11.6 Å². The van der Waals surface area contributed by atoms with E-state index in [0.717, 1.165) is 5.56 Å². The molecular formula is C18H14O4. The lowest BCUT2D eigenvalue weighted by Gasteiger charge is -2.09. The monoisotopic (exact) mass is 294 g/mol. The lowest BCUT2D eigenvalue weighted by Crippen LogP contribution is -2.18. The maximum Gasteiger partial charge on any atom is 0.351 e. The predicted octanol–water partition coefficient (Wildman–Crippen LogP) is 3.28. The lowest BCUT2D eigenvalue weighted by atomic mass is 9.97. The molecule has 0 saturated carbocycles. The largest absolute Gasteiger partial charge is 0.477 e. The standard InChI is InChI=1S/C18H14O4/c19-17(20)16-14(11-10-12-6-2-1-3-7-12)13-8-4-5-9-15(13)22-18(16)21/h1-9H,10-11H2,(H,19,20). The van der Waals surface area contributed by atoms with Gasteiger partial charge in [-0.05, 0) is 30.0 Å². The molecule has 4 nitrogen and oxygen atoms in total. The third kappa shape index (κ3) is 2.63. The van der Waals surface area contributed by atoms with Crippen molar-refractivity contribution in [2.75, 3.05) is 0 Å². The second kappa shape index (κ2) is 5.85. The summed E-state index contributed by atoms with van der Waals surface area (Å²) in [5.41, 5.74) is 0.976. The van der Waals surface area contributed by atoms with Crippen LogP contribution in [-0.2, 0) is 12.8 Å². The van der Waals surface area contributed by atoms with Gasteiger partial charge in [-0.25, -0.2) is 9.59 Å². The van der Waals surface area contributed by atoms with E-state index in [1.807, 2.05) is 30.3 Å². The highest BCUT2D eigenvalue weighted by atomic mass is 16.4. The van der Waals surface area contributed by atoms with Gasteiger partial charge in [-0.15, -0.1) is 0 Å². The van der Waals surface area contributed by atoms with E-state index in [1.54, 1.807) is 24.3 Å². The van der Waals surface area contributed by atoms with Gasteiger partial charge in [0.2, 0.25) is 0 Å². The van der Waals surface area contributed by atoms with E-state index >= 15 is 0 Å². The molecule has 22 heavy (non-hydrogen) atoms. The van der Waals surface area contributed by atoms with Crippen molar-refractivity contribution in [3.63, 3.8) is 0 Å². The van der Waals surface area contributed by atoms with Gasteiger partial charge in [-0.1, -0.05) is 48.5 Å². The molecule has 3 rings (SSSR count). The van der Waals surface area contributed by atoms with Crippen LogP contribution in [0.1, 0.15) is 21.5 Å². The quantitative estimate of drug-likeness (QED) is 0.750. The zero-order valence-corrected chi connectivity index (χ0v) is 11.8. The van der Waals surface area contributed by atoms with Crippen LogP contribution in [0.2, 0.25) is 0 Å².